The standard InChI is InChI=1S/C19H18N4O2S2/c1-3-12(2)23-18(24)13-7-4-5-8-14(13)20-19(23)27-11-16-21-17(22-25-16)15-9-6-10-26-15/h4-10,12H,3,11H2,1-2H3/t12-/m1/s1. The van der Waals surface area contributed by atoms with Gasteiger partial charge < -0.3 is 4.52 Å². The van der Waals surface area contributed by atoms with Gasteiger partial charge in [-0.1, -0.05) is 42.0 Å². The Hall–Kier alpha value is -2.45. The van der Waals surface area contributed by atoms with Gasteiger partial charge in [0, 0.05) is 6.04 Å². The van der Waals surface area contributed by atoms with E-state index in [4.69, 9.17) is 9.51 Å². The quantitative estimate of drug-likeness (QED) is 0.344. The number of hydrogen-bond donors (Lipinski definition) is 0. The summed E-state index contributed by atoms with van der Waals surface area (Å²) in [4.78, 5) is 23.1. The molecule has 0 fully saturated rings. The first-order chi connectivity index (χ1) is 13.2. The highest BCUT2D eigenvalue weighted by atomic mass is 32.2. The Labute approximate surface area is 164 Å². The zero-order valence-corrected chi connectivity index (χ0v) is 16.6. The highest BCUT2D eigenvalue weighted by molar-refractivity contribution is 7.98. The van der Waals surface area contributed by atoms with Crippen molar-refractivity contribution in [1.82, 2.24) is 19.7 Å². The Balaban J connectivity index is 1.66. The Bertz CT molecular complexity index is 1120. The predicted molar refractivity (Wildman–Crippen MR) is 108 cm³/mol. The molecule has 0 saturated carbocycles. The van der Waals surface area contributed by atoms with Crippen LogP contribution >= 0.6 is 23.1 Å². The van der Waals surface area contributed by atoms with E-state index in [1.807, 2.05) is 48.7 Å². The molecule has 0 amide bonds. The number of nitrogens with zero attached hydrogens (tertiary/aromatic N) is 4. The number of benzene rings is 1. The number of thiophene rings is 1. The third-order valence-corrected chi connectivity index (χ3v) is 6.14. The van der Waals surface area contributed by atoms with Crippen LogP contribution in [0.25, 0.3) is 21.6 Å². The fourth-order valence-corrected chi connectivity index (χ4v) is 4.33. The summed E-state index contributed by atoms with van der Waals surface area (Å²) < 4.78 is 7.13. The molecule has 0 saturated heterocycles. The van der Waals surface area contributed by atoms with Gasteiger partial charge in [0.15, 0.2) is 5.16 Å². The molecule has 27 heavy (non-hydrogen) atoms. The molecule has 4 rings (SSSR count). The summed E-state index contributed by atoms with van der Waals surface area (Å²) in [5.41, 5.74) is 0.691. The van der Waals surface area contributed by atoms with Crippen LogP contribution in [0.4, 0.5) is 0 Å². The van der Waals surface area contributed by atoms with E-state index in [-0.39, 0.29) is 11.6 Å². The van der Waals surface area contributed by atoms with Crippen molar-refractivity contribution in [2.45, 2.75) is 37.2 Å². The average Bonchev–Trinajstić information content (AvgIpc) is 3.37. The summed E-state index contributed by atoms with van der Waals surface area (Å²) in [6, 6.07) is 11.4. The number of aromatic nitrogens is 4. The van der Waals surface area contributed by atoms with Gasteiger partial charge in [0.05, 0.1) is 21.5 Å². The molecule has 0 spiro atoms. The van der Waals surface area contributed by atoms with Gasteiger partial charge in [-0.3, -0.25) is 9.36 Å². The molecule has 4 aromatic rings. The maximum atomic E-state index is 13.0. The smallest absolute Gasteiger partial charge is 0.262 e. The van der Waals surface area contributed by atoms with Crippen molar-refractivity contribution in [1.29, 1.82) is 0 Å². The van der Waals surface area contributed by atoms with E-state index in [1.54, 1.807) is 15.9 Å². The molecule has 0 aliphatic heterocycles. The number of para-hydroxylation sites is 1. The molecular formula is C19H18N4O2S2. The van der Waals surface area contributed by atoms with Crippen molar-refractivity contribution in [3.63, 3.8) is 0 Å². The molecule has 0 N–H and O–H groups in total. The summed E-state index contributed by atoms with van der Waals surface area (Å²) in [6.07, 6.45) is 0.844. The van der Waals surface area contributed by atoms with Crippen LogP contribution in [-0.2, 0) is 5.75 Å². The normalized spacial score (nSPS) is 12.5. The zero-order valence-electron chi connectivity index (χ0n) is 15.0. The maximum absolute atomic E-state index is 13.0. The van der Waals surface area contributed by atoms with Gasteiger partial charge in [-0.05, 0) is 36.9 Å². The third-order valence-electron chi connectivity index (χ3n) is 4.34. The largest absolute Gasteiger partial charge is 0.338 e. The monoisotopic (exact) mass is 398 g/mol. The molecule has 3 aromatic heterocycles. The Morgan fingerprint density at radius 2 is 2.07 bits per heavy atom. The lowest BCUT2D eigenvalue weighted by Crippen LogP contribution is -2.26. The molecule has 1 atom stereocenters. The van der Waals surface area contributed by atoms with E-state index in [2.05, 4.69) is 17.1 Å². The van der Waals surface area contributed by atoms with E-state index in [1.165, 1.54) is 11.8 Å². The van der Waals surface area contributed by atoms with Gasteiger partial charge in [-0.2, -0.15) is 4.98 Å². The lowest BCUT2D eigenvalue weighted by Gasteiger charge is -2.17. The van der Waals surface area contributed by atoms with Gasteiger partial charge in [0.1, 0.15) is 0 Å². The van der Waals surface area contributed by atoms with Crippen LogP contribution in [0, 0.1) is 0 Å². The third kappa shape index (κ3) is 3.54. The maximum Gasteiger partial charge on any atom is 0.262 e. The molecule has 1 aromatic carbocycles. The van der Waals surface area contributed by atoms with Crippen molar-refractivity contribution in [3.05, 3.63) is 58.0 Å². The highest BCUT2D eigenvalue weighted by Gasteiger charge is 2.17. The molecule has 0 radical (unpaired) electrons. The van der Waals surface area contributed by atoms with Crippen LogP contribution in [0.2, 0.25) is 0 Å². The van der Waals surface area contributed by atoms with Gasteiger partial charge in [0.2, 0.25) is 11.7 Å². The number of hydrogen-bond acceptors (Lipinski definition) is 7. The van der Waals surface area contributed by atoms with Crippen LogP contribution in [-0.4, -0.2) is 19.7 Å². The van der Waals surface area contributed by atoms with Crippen LogP contribution in [0.3, 0.4) is 0 Å². The summed E-state index contributed by atoms with van der Waals surface area (Å²) >= 11 is 3.01. The van der Waals surface area contributed by atoms with Crippen molar-refractivity contribution < 1.29 is 4.52 Å². The van der Waals surface area contributed by atoms with Crippen molar-refractivity contribution >= 4 is 34.0 Å². The van der Waals surface area contributed by atoms with Crippen LogP contribution < -0.4 is 5.56 Å². The van der Waals surface area contributed by atoms with E-state index in [0.29, 0.717) is 33.5 Å². The SMILES string of the molecule is CC[C@@H](C)n1c(SCc2nc(-c3cccs3)no2)nc2ccccc2c1=O. The van der Waals surface area contributed by atoms with Crippen LogP contribution in [0.15, 0.2) is 56.3 Å². The van der Waals surface area contributed by atoms with Crippen molar-refractivity contribution in [2.24, 2.45) is 0 Å². The lowest BCUT2D eigenvalue weighted by molar-refractivity contribution is 0.391. The fraction of sp³-hybridized carbons (Fsp3) is 0.263. The molecule has 3 heterocycles. The van der Waals surface area contributed by atoms with Crippen LogP contribution in [0.1, 0.15) is 32.2 Å². The Kier molecular flexibility index (Phi) is 5.09. The molecule has 138 valence electrons. The first-order valence-electron chi connectivity index (χ1n) is 8.68. The summed E-state index contributed by atoms with van der Waals surface area (Å²) in [6.45, 7) is 4.09. The predicted octanol–water partition coefficient (Wildman–Crippen LogP) is 4.77. The Morgan fingerprint density at radius 1 is 1.22 bits per heavy atom. The highest BCUT2D eigenvalue weighted by Crippen LogP contribution is 2.27. The minimum atomic E-state index is -0.0118. The molecule has 0 unspecified atom stereocenters. The van der Waals surface area contributed by atoms with E-state index < -0.39 is 0 Å². The minimum absolute atomic E-state index is 0.0118. The number of fused-ring (bicyclic) bond motifs is 1. The molecule has 0 bridgehead atoms. The second kappa shape index (κ2) is 7.66. The molecule has 0 aliphatic carbocycles. The first kappa shape index (κ1) is 17.9. The van der Waals surface area contributed by atoms with Gasteiger partial charge in [-0.25, -0.2) is 4.98 Å². The van der Waals surface area contributed by atoms with Crippen LogP contribution in [0.5, 0.6) is 0 Å². The summed E-state index contributed by atoms with van der Waals surface area (Å²) in [5, 5.41) is 7.32. The van der Waals surface area contributed by atoms with Gasteiger partial charge >= 0.3 is 0 Å². The average molecular weight is 399 g/mol. The van der Waals surface area contributed by atoms with Crippen molar-refractivity contribution in [3.8, 4) is 10.7 Å². The number of thioether (sulfide) groups is 1. The summed E-state index contributed by atoms with van der Waals surface area (Å²) in [5.74, 6) is 1.56. The van der Waals surface area contributed by atoms with Crippen molar-refractivity contribution in [2.75, 3.05) is 0 Å². The van der Waals surface area contributed by atoms with Gasteiger partial charge in [-0.15, -0.1) is 11.3 Å². The minimum Gasteiger partial charge on any atom is -0.338 e. The lowest BCUT2D eigenvalue weighted by atomic mass is 10.2. The second-order valence-corrected chi connectivity index (χ2v) is 8.01. The zero-order chi connectivity index (χ0) is 18.8. The topological polar surface area (TPSA) is 73.8 Å². The fourth-order valence-electron chi connectivity index (χ4n) is 2.74. The first-order valence-corrected chi connectivity index (χ1v) is 10.5. The van der Waals surface area contributed by atoms with E-state index >= 15 is 0 Å². The Morgan fingerprint density at radius 3 is 2.85 bits per heavy atom. The van der Waals surface area contributed by atoms with E-state index in [0.717, 1.165) is 11.3 Å². The second-order valence-electron chi connectivity index (χ2n) is 6.12. The van der Waals surface area contributed by atoms with E-state index in [9.17, 15) is 4.79 Å². The number of rotatable bonds is 6. The molecule has 0 aliphatic rings. The molecule has 6 nitrogen and oxygen atoms in total. The molecular weight excluding hydrogens is 380 g/mol. The summed E-state index contributed by atoms with van der Waals surface area (Å²) in [7, 11) is 0. The molecule has 8 heteroatoms. The van der Waals surface area contributed by atoms with Gasteiger partial charge in [0.25, 0.3) is 5.56 Å².